The summed E-state index contributed by atoms with van der Waals surface area (Å²) >= 11 is 0. The largest absolute Gasteiger partial charge is 0.326 e. The van der Waals surface area contributed by atoms with Gasteiger partial charge in [-0.2, -0.15) is 0 Å². The van der Waals surface area contributed by atoms with Crippen molar-refractivity contribution >= 4 is 23.2 Å². The van der Waals surface area contributed by atoms with Gasteiger partial charge in [-0.05, 0) is 29.7 Å². The quantitative estimate of drug-likeness (QED) is 0.799. The summed E-state index contributed by atoms with van der Waals surface area (Å²) in [4.78, 5) is 24.0. The van der Waals surface area contributed by atoms with Crippen molar-refractivity contribution in [3.8, 4) is 0 Å². The van der Waals surface area contributed by atoms with E-state index in [-0.39, 0.29) is 17.5 Å². The molecule has 1 heterocycles. The Labute approximate surface area is 145 Å². The molecular formula is C19H20FN3O2. The number of amides is 2. The Bertz CT molecular complexity index is 808. The van der Waals surface area contributed by atoms with Crippen molar-refractivity contribution in [2.75, 3.05) is 10.6 Å². The first-order chi connectivity index (χ1) is 12.0. The predicted molar refractivity (Wildman–Crippen MR) is 94.5 cm³/mol. The number of hydrogen-bond acceptors (Lipinski definition) is 3. The number of fused-ring (bicyclic) bond motifs is 1. The van der Waals surface area contributed by atoms with Crippen LogP contribution in [0.1, 0.15) is 30.5 Å². The predicted octanol–water partition coefficient (Wildman–Crippen LogP) is 2.99. The summed E-state index contributed by atoms with van der Waals surface area (Å²) < 4.78 is 14.3. The van der Waals surface area contributed by atoms with Crippen molar-refractivity contribution in [3.63, 3.8) is 0 Å². The summed E-state index contributed by atoms with van der Waals surface area (Å²) in [7, 11) is 0. The van der Waals surface area contributed by atoms with Gasteiger partial charge in [-0.25, -0.2) is 4.39 Å². The molecule has 0 radical (unpaired) electrons. The molecule has 4 N–H and O–H groups in total. The van der Waals surface area contributed by atoms with Gasteiger partial charge in [0.05, 0.1) is 11.6 Å². The summed E-state index contributed by atoms with van der Waals surface area (Å²) in [5, 5.41) is 5.28. The number of carbonyl (C=O) groups excluding carboxylic acids is 2. The minimum absolute atomic E-state index is 0.0399. The van der Waals surface area contributed by atoms with E-state index in [1.54, 1.807) is 6.92 Å². The number of benzene rings is 2. The second-order valence-electron chi connectivity index (χ2n) is 6.25. The molecule has 1 aliphatic rings. The number of nitrogens with one attached hydrogen (secondary N) is 2. The molecule has 0 saturated heterocycles. The van der Waals surface area contributed by atoms with E-state index in [4.69, 9.17) is 5.73 Å². The van der Waals surface area contributed by atoms with E-state index in [2.05, 4.69) is 10.6 Å². The standard InChI is InChI=1S/C19H20FN3O2/c1-11(18(21)12-5-3-2-4-6-12)19(25)23-16-10-15-13(9-14(16)20)7-8-17(24)22-15/h2-6,9-11,18H,7-8,21H2,1H3,(H,22,24)(H,23,25). The Hall–Kier alpha value is -2.73. The maximum atomic E-state index is 14.3. The van der Waals surface area contributed by atoms with E-state index in [0.29, 0.717) is 18.5 Å². The van der Waals surface area contributed by atoms with Gasteiger partial charge in [0.15, 0.2) is 0 Å². The molecule has 0 spiro atoms. The number of halogens is 1. The van der Waals surface area contributed by atoms with Crippen molar-refractivity contribution in [1.29, 1.82) is 0 Å². The average molecular weight is 341 g/mol. The number of hydrogen-bond donors (Lipinski definition) is 3. The lowest BCUT2D eigenvalue weighted by molar-refractivity contribution is -0.120. The Morgan fingerprint density at radius 2 is 1.96 bits per heavy atom. The van der Waals surface area contributed by atoms with Crippen LogP contribution < -0.4 is 16.4 Å². The van der Waals surface area contributed by atoms with Crippen molar-refractivity contribution in [1.82, 2.24) is 0 Å². The van der Waals surface area contributed by atoms with Crippen LogP contribution in [0.25, 0.3) is 0 Å². The molecule has 0 aromatic heterocycles. The van der Waals surface area contributed by atoms with Gasteiger partial charge in [0.2, 0.25) is 11.8 Å². The van der Waals surface area contributed by atoms with Crippen LogP contribution in [0.5, 0.6) is 0 Å². The molecule has 130 valence electrons. The molecule has 2 aromatic rings. The zero-order chi connectivity index (χ0) is 18.0. The smallest absolute Gasteiger partial charge is 0.229 e. The third-order valence-corrected chi connectivity index (χ3v) is 4.48. The number of nitrogens with two attached hydrogens (primary N) is 1. The third-order valence-electron chi connectivity index (χ3n) is 4.48. The van der Waals surface area contributed by atoms with Crippen LogP contribution in [-0.2, 0) is 16.0 Å². The topological polar surface area (TPSA) is 84.2 Å². The highest BCUT2D eigenvalue weighted by Gasteiger charge is 2.24. The molecule has 0 saturated carbocycles. The van der Waals surface area contributed by atoms with E-state index in [1.165, 1.54) is 12.1 Å². The molecular weight excluding hydrogens is 321 g/mol. The van der Waals surface area contributed by atoms with Crippen LogP contribution in [0.3, 0.4) is 0 Å². The zero-order valence-electron chi connectivity index (χ0n) is 13.9. The fraction of sp³-hybridized carbons (Fsp3) is 0.263. The second kappa shape index (κ2) is 7.03. The van der Waals surface area contributed by atoms with E-state index >= 15 is 0 Å². The Morgan fingerprint density at radius 1 is 1.24 bits per heavy atom. The molecule has 2 atom stereocenters. The van der Waals surface area contributed by atoms with Crippen LogP contribution in [0, 0.1) is 11.7 Å². The summed E-state index contributed by atoms with van der Waals surface area (Å²) in [5.41, 5.74) is 8.29. The molecule has 1 aliphatic heterocycles. The summed E-state index contributed by atoms with van der Waals surface area (Å²) in [6.07, 6.45) is 0.822. The van der Waals surface area contributed by atoms with Gasteiger partial charge in [0, 0.05) is 18.2 Å². The molecule has 0 fully saturated rings. The molecule has 5 nitrogen and oxygen atoms in total. The van der Waals surface area contributed by atoms with E-state index in [9.17, 15) is 14.0 Å². The maximum absolute atomic E-state index is 14.3. The molecule has 6 heteroatoms. The van der Waals surface area contributed by atoms with Gasteiger partial charge in [-0.3, -0.25) is 9.59 Å². The first-order valence-corrected chi connectivity index (χ1v) is 8.19. The highest BCUT2D eigenvalue weighted by atomic mass is 19.1. The zero-order valence-corrected chi connectivity index (χ0v) is 13.9. The monoisotopic (exact) mass is 341 g/mol. The van der Waals surface area contributed by atoms with Gasteiger partial charge in [0.25, 0.3) is 0 Å². The maximum Gasteiger partial charge on any atom is 0.229 e. The summed E-state index contributed by atoms with van der Waals surface area (Å²) in [5.74, 6) is -1.57. The lowest BCUT2D eigenvalue weighted by Crippen LogP contribution is -2.31. The Balaban J connectivity index is 1.76. The lowest BCUT2D eigenvalue weighted by atomic mass is 9.94. The van der Waals surface area contributed by atoms with Gasteiger partial charge in [-0.15, -0.1) is 0 Å². The van der Waals surface area contributed by atoms with Crippen LogP contribution in [0.2, 0.25) is 0 Å². The fourth-order valence-corrected chi connectivity index (χ4v) is 2.87. The highest BCUT2D eigenvalue weighted by Crippen LogP contribution is 2.29. The first kappa shape index (κ1) is 17.1. The number of carbonyl (C=O) groups is 2. The molecule has 3 rings (SSSR count). The normalized spacial score (nSPS) is 15.7. The fourth-order valence-electron chi connectivity index (χ4n) is 2.87. The third kappa shape index (κ3) is 3.69. The number of anilines is 2. The minimum Gasteiger partial charge on any atom is -0.326 e. The van der Waals surface area contributed by atoms with Crippen LogP contribution in [0.4, 0.5) is 15.8 Å². The molecule has 2 amide bonds. The van der Waals surface area contributed by atoms with Gasteiger partial charge < -0.3 is 16.4 Å². The summed E-state index contributed by atoms with van der Waals surface area (Å²) in [6.45, 7) is 1.70. The van der Waals surface area contributed by atoms with Crippen molar-refractivity contribution in [2.45, 2.75) is 25.8 Å². The minimum atomic E-state index is -0.549. The summed E-state index contributed by atoms with van der Waals surface area (Å²) in [6, 6.07) is 11.6. The van der Waals surface area contributed by atoms with E-state index in [0.717, 1.165) is 11.1 Å². The molecule has 25 heavy (non-hydrogen) atoms. The van der Waals surface area contributed by atoms with Crippen LogP contribution in [-0.4, -0.2) is 11.8 Å². The van der Waals surface area contributed by atoms with Crippen LogP contribution in [0.15, 0.2) is 42.5 Å². The SMILES string of the molecule is CC(C(=O)Nc1cc2c(cc1F)CCC(=O)N2)C(N)c1ccccc1. The van der Waals surface area contributed by atoms with Crippen molar-refractivity contribution in [2.24, 2.45) is 11.7 Å². The van der Waals surface area contributed by atoms with Gasteiger partial charge in [-0.1, -0.05) is 37.3 Å². The van der Waals surface area contributed by atoms with Gasteiger partial charge >= 0.3 is 0 Å². The van der Waals surface area contributed by atoms with Crippen molar-refractivity contribution in [3.05, 3.63) is 59.4 Å². The van der Waals surface area contributed by atoms with Crippen molar-refractivity contribution < 1.29 is 14.0 Å². The highest BCUT2D eigenvalue weighted by molar-refractivity contribution is 5.97. The lowest BCUT2D eigenvalue weighted by Gasteiger charge is -2.22. The Kier molecular flexibility index (Phi) is 4.81. The molecule has 0 aliphatic carbocycles. The van der Waals surface area contributed by atoms with E-state index < -0.39 is 17.8 Å². The molecule has 2 aromatic carbocycles. The van der Waals surface area contributed by atoms with Crippen LogP contribution >= 0.6 is 0 Å². The second-order valence-corrected chi connectivity index (χ2v) is 6.25. The van der Waals surface area contributed by atoms with E-state index in [1.807, 2.05) is 30.3 Å². The molecule has 0 bridgehead atoms. The number of rotatable bonds is 4. The number of aryl methyl sites for hydroxylation is 1. The first-order valence-electron chi connectivity index (χ1n) is 8.19. The van der Waals surface area contributed by atoms with Gasteiger partial charge in [0.1, 0.15) is 5.82 Å². The average Bonchev–Trinajstić information content (AvgIpc) is 2.62. The Morgan fingerprint density at radius 3 is 2.68 bits per heavy atom. The molecule has 2 unspecified atom stereocenters.